The number of aryl methyl sites for hydroxylation is 1. The zero-order chi connectivity index (χ0) is 15.2. The highest BCUT2D eigenvalue weighted by molar-refractivity contribution is 7.17. The normalized spacial score (nSPS) is 12.1. The van der Waals surface area contributed by atoms with Crippen molar-refractivity contribution in [3.05, 3.63) is 35.0 Å². The molecule has 0 spiro atoms. The molecule has 0 bridgehead atoms. The Morgan fingerprint density at radius 3 is 2.95 bits per heavy atom. The first-order chi connectivity index (χ1) is 10.1. The zero-order valence-corrected chi connectivity index (χ0v) is 13.0. The van der Waals surface area contributed by atoms with Gasteiger partial charge in [0.25, 0.3) is 5.91 Å². The number of hydrogen-bond donors (Lipinski definition) is 2. The molecule has 2 N–H and O–H groups in total. The topological polar surface area (TPSA) is 75.1 Å². The minimum absolute atomic E-state index is 0.143. The second kappa shape index (κ2) is 7.28. The van der Waals surface area contributed by atoms with E-state index in [1.165, 1.54) is 11.3 Å². The molecule has 6 heteroatoms. The lowest BCUT2D eigenvalue weighted by molar-refractivity contribution is 0.0945. The first-order valence-corrected chi connectivity index (χ1v) is 7.78. The van der Waals surface area contributed by atoms with Gasteiger partial charge in [0.05, 0.1) is 17.5 Å². The van der Waals surface area contributed by atoms with Crippen molar-refractivity contribution >= 4 is 17.2 Å². The van der Waals surface area contributed by atoms with E-state index < -0.39 is 0 Å². The number of amides is 1. The predicted molar refractivity (Wildman–Crippen MR) is 83.3 cm³/mol. The maximum absolute atomic E-state index is 12.1. The Kier molecular flexibility index (Phi) is 5.41. The molecule has 2 rings (SSSR count). The SMILES string of the molecule is CCC(O)CCNC(=O)c1sc(-c2ccccn2)nc1C. The first kappa shape index (κ1) is 15.6. The Bertz CT molecular complexity index is 598. The lowest BCUT2D eigenvalue weighted by Crippen LogP contribution is -2.26. The van der Waals surface area contributed by atoms with Gasteiger partial charge in [-0.15, -0.1) is 11.3 Å². The Morgan fingerprint density at radius 1 is 1.48 bits per heavy atom. The van der Waals surface area contributed by atoms with Gasteiger partial charge in [-0.25, -0.2) is 4.98 Å². The minimum Gasteiger partial charge on any atom is -0.393 e. The molecular formula is C15H19N3O2S. The molecule has 2 aromatic heterocycles. The standard InChI is InChI=1S/C15H19N3O2S/c1-3-11(19)7-9-17-14(20)13-10(2)18-15(21-13)12-6-4-5-8-16-12/h4-6,8,11,19H,3,7,9H2,1-2H3,(H,17,20). The van der Waals surface area contributed by atoms with Crippen molar-refractivity contribution in [2.75, 3.05) is 6.54 Å². The van der Waals surface area contributed by atoms with Gasteiger partial charge in [-0.2, -0.15) is 0 Å². The second-order valence-corrected chi connectivity index (χ2v) is 5.75. The number of hydrogen-bond acceptors (Lipinski definition) is 5. The molecule has 2 aromatic rings. The Balaban J connectivity index is 2.04. The summed E-state index contributed by atoms with van der Waals surface area (Å²) in [6, 6.07) is 5.61. The van der Waals surface area contributed by atoms with Crippen molar-refractivity contribution in [1.29, 1.82) is 0 Å². The van der Waals surface area contributed by atoms with Crippen LogP contribution in [0.4, 0.5) is 0 Å². The van der Waals surface area contributed by atoms with Crippen molar-refractivity contribution in [2.45, 2.75) is 32.8 Å². The van der Waals surface area contributed by atoms with Gasteiger partial charge in [-0.3, -0.25) is 9.78 Å². The molecule has 5 nitrogen and oxygen atoms in total. The maximum atomic E-state index is 12.1. The molecule has 21 heavy (non-hydrogen) atoms. The number of aliphatic hydroxyl groups excluding tert-OH is 1. The van der Waals surface area contributed by atoms with Crippen LogP contribution in [0.3, 0.4) is 0 Å². The molecule has 1 unspecified atom stereocenters. The Labute approximate surface area is 128 Å². The van der Waals surface area contributed by atoms with Crippen LogP contribution in [0.1, 0.15) is 35.1 Å². The molecule has 0 saturated heterocycles. The first-order valence-electron chi connectivity index (χ1n) is 6.97. The van der Waals surface area contributed by atoms with Crippen LogP contribution in [-0.2, 0) is 0 Å². The monoisotopic (exact) mass is 305 g/mol. The molecule has 0 aliphatic heterocycles. The maximum Gasteiger partial charge on any atom is 0.263 e. The lowest BCUT2D eigenvalue weighted by Gasteiger charge is -2.08. The molecule has 112 valence electrons. The summed E-state index contributed by atoms with van der Waals surface area (Å²) < 4.78 is 0. The average Bonchev–Trinajstić information content (AvgIpc) is 2.90. The van der Waals surface area contributed by atoms with Crippen molar-refractivity contribution in [3.8, 4) is 10.7 Å². The number of pyridine rings is 1. The summed E-state index contributed by atoms with van der Waals surface area (Å²) in [5, 5.41) is 13.0. The van der Waals surface area contributed by atoms with Crippen LogP contribution in [0.5, 0.6) is 0 Å². The number of rotatable bonds is 6. The van der Waals surface area contributed by atoms with E-state index in [-0.39, 0.29) is 12.0 Å². The van der Waals surface area contributed by atoms with Crippen molar-refractivity contribution in [3.63, 3.8) is 0 Å². The molecule has 0 fully saturated rings. The van der Waals surface area contributed by atoms with Gasteiger partial charge in [0.1, 0.15) is 9.88 Å². The van der Waals surface area contributed by atoms with E-state index in [0.29, 0.717) is 30.0 Å². The van der Waals surface area contributed by atoms with Gasteiger partial charge in [0.2, 0.25) is 0 Å². The molecule has 1 atom stereocenters. The number of aliphatic hydroxyl groups is 1. The molecule has 2 heterocycles. The predicted octanol–water partition coefficient (Wildman–Crippen LogP) is 2.40. The van der Waals surface area contributed by atoms with Crippen molar-refractivity contribution in [1.82, 2.24) is 15.3 Å². The van der Waals surface area contributed by atoms with E-state index in [1.54, 1.807) is 6.20 Å². The number of carbonyl (C=O) groups is 1. The summed E-state index contributed by atoms with van der Waals surface area (Å²) >= 11 is 1.34. The zero-order valence-electron chi connectivity index (χ0n) is 12.2. The van der Waals surface area contributed by atoms with Crippen LogP contribution in [0.25, 0.3) is 10.7 Å². The van der Waals surface area contributed by atoms with E-state index in [2.05, 4.69) is 15.3 Å². The quantitative estimate of drug-likeness (QED) is 0.859. The van der Waals surface area contributed by atoms with Crippen LogP contribution in [-0.4, -0.2) is 33.6 Å². The van der Waals surface area contributed by atoms with Gasteiger partial charge < -0.3 is 10.4 Å². The summed E-state index contributed by atoms with van der Waals surface area (Å²) in [6.07, 6.45) is 2.60. The Morgan fingerprint density at radius 2 is 2.29 bits per heavy atom. The lowest BCUT2D eigenvalue weighted by atomic mass is 10.2. The van der Waals surface area contributed by atoms with E-state index in [1.807, 2.05) is 32.0 Å². The van der Waals surface area contributed by atoms with Crippen LogP contribution in [0.15, 0.2) is 24.4 Å². The highest BCUT2D eigenvalue weighted by Crippen LogP contribution is 2.26. The van der Waals surface area contributed by atoms with Crippen molar-refractivity contribution < 1.29 is 9.90 Å². The summed E-state index contributed by atoms with van der Waals surface area (Å²) in [6.45, 7) is 4.20. The highest BCUT2D eigenvalue weighted by atomic mass is 32.1. The van der Waals surface area contributed by atoms with E-state index in [9.17, 15) is 9.90 Å². The molecule has 0 saturated carbocycles. The fraction of sp³-hybridized carbons (Fsp3) is 0.400. The third kappa shape index (κ3) is 4.09. The van der Waals surface area contributed by atoms with Gasteiger partial charge in [-0.05, 0) is 31.9 Å². The van der Waals surface area contributed by atoms with Crippen LogP contribution in [0.2, 0.25) is 0 Å². The van der Waals surface area contributed by atoms with Crippen LogP contribution >= 0.6 is 11.3 Å². The van der Waals surface area contributed by atoms with Gasteiger partial charge in [-0.1, -0.05) is 13.0 Å². The fourth-order valence-electron chi connectivity index (χ4n) is 1.84. The van der Waals surface area contributed by atoms with Crippen LogP contribution in [0, 0.1) is 6.92 Å². The number of nitrogens with zero attached hydrogens (tertiary/aromatic N) is 2. The van der Waals surface area contributed by atoms with Crippen molar-refractivity contribution in [2.24, 2.45) is 0 Å². The van der Waals surface area contributed by atoms with Gasteiger partial charge in [0.15, 0.2) is 0 Å². The number of nitrogens with one attached hydrogen (secondary N) is 1. The third-order valence-corrected chi connectivity index (χ3v) is 4.30. The Hall–Kier alpha value is -1.79. The summed E-state index contributed by atoms with van der Waals surface area (Å²) in [5.74, 6) is -0.143. The fourth-order valence-corrected chi connectivity index (χ4v) is 2.80. The largest absolute Gasteiger partial charge is 0.393 e. The van der Waals surface area contributed by atoms with E-state index >= 15 is 0 Å². The summed E-state index contributed by atoms with van der Waals surface area (Å²) in [5.41, 5.74) is 1.47. The summed E-state index contributed by atoms with van der Waals surface area (Å²) in [7, 11) is 0. The molecule has 0 aliphatic carbocycles. The minimum atomic E-state index is -0.364. The molecule has 0 aliphatic rings. The summed E-state index contributed by atoms with van der Waals surface area (Å²) in [4.78, 5) is 21.4. The number of thiazole rings is 1. The van der Waals surface area contributed by atoms with E-state index in [0.717, 1.165) is 10.7 Å². The molecule has 1 amide bonds. The molecule has 0 radical (unpaired) electrons. The highest BCUT2D eigenvalue weighted by Gasteiger charge is 2.16. The molecular weight excluding hydrogens is 286 g/mol. The average molecular weight is 305 g/mol. The number of aromatic nitrogens is 2. The van der Waals surface area contributed by atoms with Gasteiger partial charge >= 0.3 is 0 Å². The smallest absolute Gasteiger partial charge is 0.263 e. The number of carbonyl (C=O) groups excluding carboxylic acids is 1. The van der Waals surface area contributed by atoms with Crippen LogP contribution < -0.4 is 5.32 Å². The molecule has 0 aromatic carbocycles. The third-order valence-electron chi connectivity index (χ3n) is 3.12. The van der Waals surface area contributed by atoms with E-state index in [4.69, 9.17) is 0 Å². The second-order valence-electron chi connectivity index (χ2n) is 4.76. The van der Waals surface area contributed by atoms with Gasteiger partial charge in [0, 0.05) is 12.7 Å².